The molecule has 1 aliphatic heterocycles. The van der Waals surface area contributed by atoms with Gasteiger partial charge in [0.05, 0.1) is 25.7 Å². The Morgan fingerprint density at radius 2 is 1.95 bits per heavy atom. The van der Waals surface area contributed by atoms with E-state index in [0.717, 1.165) is 26.9 Å². The Bertz CT molecular complexity index is 1640. The number of urea groups is 1. The minimum atomic E-state index is -0.939. The van der Waals surface area contributed by atoms with Crippen LogP contribution in [0, 0.1) is 5.41 Å². The van der Waals surface area contributed by atoms with Crippen LogP contribution in [-0.4, -0.2) is 56.4 Å². The Balaban J connectivity index is 1.50. The van der Waals surface area contributed by atoms with Crippen LogP contribution in [0.5, 0.6) is 5.75 Å². The van der Waals surface area contributed by atoms with Gasteiger partial charge in [0.1, 0.15) is 5.54 Å². The molecule has 1 aromatic carbocycles. The van der Waals surface area contributed by atoms with E-state index >= 15 is 0 Å². The summed E-state index contributed by atoms with van der Waals surface area (Å²) < 4.78 is 6.41. The lowest BCUT2D eigenvalue weighted by molar-refractivity contribution is -0.142. The fraction of sp³-hybridized carbons (Fsp3) is 0.321. The number of aromatic amines is 1. The average molecular weight is 581 g/mol. The highest BCUT2D eigenvalue weighted by Gasteiger charge is 2.45. The Morgan fingerprint density at radius 1 is 1.18 bits per heavy atom. The van der Waals surface area contributed by atoms with Crippen LogP contribution in [0.2, 0.25) is 4.34 Å². The van der Waals surface area contributed by atoms with Crippen LogP contribution < -0.4 is 15.4 Å². The minimum absolute atomic E-state index is 0.279. The molecule has 12 heteroatoms. The number of esters is 1. The maximum atomic E-state index is 12.7. The van der Waals surface area contributed by atoms with Crippen LogP contribution >= 0.6 is 22.9 Å². The van der Waals surface area contributed by atoms with Crippen molar-refractivity contribution >= 4 is 57.7 Å². The van der Waals surface area contributed by atoms with Crippen molar-refractivity contribution in [2.45, 2.75) is 40.2 Å². The number of ether oxygens (including phenoxy) is 1. The first-order valence-electron chi connectivity index (χ1n) is 12.7. The van der Waals surface area contributed by atoms with E-state index in [9.17, 15) is 14.4 Å². The number of halogens is 1. The second-order valence-corrected chi connectivity index (χ2v) is 12.7. The number of hydrogen-bond acceptors (Lipinski definition) is 8. The number of carbonyl (C=O) groups is 3. The Labute approximate surface area is 240 Å². The number of fused-ring (bicyclic) bond motifs is 1. The van der Waals surface area contributed by atoms with Gasteiger partial charge in [-0.05, 0) is 58.4 Å². The fourth-order valence-electron chi connectivity index (χ4n) is 4.36. The van der Waals surface area contributed by atoms with Crippen LogP contribution in [-0.2, 0) is 9.59 Å². The number of anilines is 1. The second kappa shape index (κ2) is 10.2. The second-order valence-electron chi connectivity index (χ2n) is 11.0. The summed E-state index contributed by atoms with van der Waals surface area (Å²) in [4.78, 5) is 51.8. The molecule has 0 unspecified atom stereocenters. The van der Waals surface area contributed by atoms with E-state index in [0.29, 0.717) is 28.3 Å². The number of nitrogens with one attached hydrogen (secondary N) is 3. The molecule has 10 nitrogen and oxygen atoms in total. The summed E-state index contributed by atoms with van der Waals surface area (Å²) in [6.45, 7) is 9.42. The van der Waals surface area contributed by atoms with Crippen LogP contribution in [0.4, 0.5) is 10.7 Å². The third-order valence-electron chi connectivity index (χ3n) is 6.68. The van der Waals surface area contributed by atoms with Crippen molar-refractivity contribution in [3.63, 3.8) is 0 Å². The number of H-pyrrole nitrogens is 1. The van der Waals surface area contributed by atoms with Gasteiger partial charge in [-0.25, -0.2) is 14.8 Å². The van der Waals surface area contributed by atoms with Gasteiger partial charge in [0.15, 0.2) is 5.75 Å². The number of imide groups is 1. The lowest BCUT2D eigenvalue weighted by atomic mass is 9.97. The molecule has 0 radical (unpaired) electrons. The predicted octanol–water partition coefficient (Wildman–Crippen LogP) is 5.70. The third-order valence-corrected chi connectivity index (χ3v) is 7.92. The predicted molar refractivity (Wildman–Crippen MR) is 156 cm³/mol. The average Bonchev–Trinajstić information content (AvgIpc) is 3.56. The maximum Gasteiger partial charge on any atom is 0.325 e. The molecule has 208 valence electrons. The van der Waals surface area contributed by atoms with Crippen molar-refractivity contribution in [3.8, 4) is 27.4 Å². The molecule has 40 heavy (non-hydrogen) atoms. The van der Waals surface area contributed by atoms with Gasteiger partial charge in [0.25, 0.3) is 5.91 Å². The van der Waals surface area contributed by atoms with Crippen molar-refractivity contribution in [3.05, 3.63) is 47.1 Å². The molecule has 4 aromatic rings. The maximum absolute atomic E-state index is 12.7. The largest absolute Gasteiger partial charge is 0.424 e. The van der Waals surface area contributed by atoms with Crippen LogP contribution in [0.25, 0.3) is 32.6 Å². The van der Waals surface area contributed by atoms with E-state index in [1.807, 2.05) is 24.3 Å². The third kappa shape index (κ3) is 5.14. The summed E-state index contributed by atoms with van der Waals surface area (Å²) >= 11 is 7.67. The molecular weight excluding hydrogens is 552 g/mol. The lowest BCUT2D eigenvalue weighted by Crippen LogP contribution is -2.46. The van der Waals surface area contributed by atoms with Gasteiger partial charge < -0.3 is 19.9 Å². The van der Waals surface area contributed by atoms with Gasteiger partial charge in [-0.2, -0.15) is 0 Å². The number of nitrogens with zero attached hydrogens (tertiary/aromatic N) is 3. The zero-order valence-electron chi connectivity index (χ0n) is 22.7. The number of hydrogen-bond donors (Lipinski definition) is 3. The van der Waals surface area contributed by atoms with E-state index < -0.39 is 17.0 Å². The number of benzene rings is 1. The van der Waals surface area contributed by atoms with Crippen molar-refractivity contribution in [2.75, 3.05) is 18.4 Å². The molecule has 0 spiro atoms. The smallest absolute Gasteiger partial charge is 0.325 e. The quantitative estimate of drug-likeness (QED) is 0.189. The molecule has 4 heterocycles. The number of thiophene rings is 1. The summed E-state index contributed by atoms with van der Waals surface area (Å²) in [5.74, 6) is 0.0962. The topological polar surface area (TPSA) is 129 Å². The highest BCUT2D eigenvalue weighted by Crippen LogP contribution is 2.42. The molecule has 0 aliphatic carbocycles. The molecule has 1 saturated heterocycles. The van der Waals surface area contributed by atoms with Gasteiger partial charge >= 0.3 is 12.0 Å². The molecule has 5 rings (SSSR count). The first kappa shape index (κ1) is 27.6. The van der Waals surface area contributed by atoms with E-state index in [1.165, 1.54) is 16.2 Å². The highest BCUT2D eigenvalue weighted by molar-refractivity contribution is 7.19. The first-order valence-corrected chi connectivity index (χ1v) is 13.9. The normalized spacial score (nSPS) is 15.0. The molecule has 1 aliphatic rings. The van der Waals surface area contributed by atoms with Crippen LogP contribution in [0.1, 0.15) is 34.6 Å². The summed E-state index contributed by atoms with van der Waals surface area (Å²) in [6, 6.07) is 9.02. The highest BCUT2D eigenvalue weighted by atomic mass is 35.5. The molecule has 3 N–H and O–H groups in total. The van der Waals surface area contributed by atoms with Gasteiger partial charge in [-0.3, -0.25) is 14.9 Å². The fourth-order valence-corrected chi connectivity index (χ4v) is 5.41. The standard InChI is InChI=1S/C28H29ClN6O4S/c1-27(2,3)24(37)39-18-14-31-17-8-6-7-15(21(17)18)16-13-32-25(33-22(16)19-9-10-20(29)40-19)30-11-12-35-26(38)34-23(36)28(35,4)5/h6-10,13-14,31H,11-12H2,1-5H3,(H,30,32,33)(H,34,36,38). The Morgan fingerprint density at radius 3 is 2.60 bits per heavy atom. The van der Waals surface area contributed by atoms with Gasteiger partial charge in [-0.1, -0.05) is 23.7 Å². The summed E-state index contributed by atoms with van der Waals surface area (Å²) in [7, 11) is 0. The molecule has 0 saturated carbocycles. The zero-order chi connectivity index (χ0) is 28.8. The zero-order valence-corrected chi connectivity index (χ0v) is 24.3. The molecule has 0 atom stereocenters. The van der Waals surface area contributed by atoms with Gasteiger partial charge in [0, 0.05) is 36.6 Å². The first-order chi connectivity index (χ1) is 18.9. The minimum Gasteiger partial charge on any atom is -0.424 e. The summed E-state index contributed by atoms with van der Waals surface area (Å²) in [5.41, 5.74) is 1.35. The van der Waals surface area contributed by atoms with E-state index in [-0.39, 0.29) is 18.4 Å². The SMILES string of the molecule is CC(C)(C)C(=O)Oc1c[nH]c2cccc(-c3cnc(NCCN4C(=O)NC(=O)C4(C)C)nc3-c3ccc(Cl)s3)c12. The summed E-state index contributed by atoms with van der Waals surface area (Å²) in [6.07, 6.45) is 3.39. The molecule has 1 fully saturated rings. The lowest BCUT2D eigenvalue weighted by Gasteiger charge is -2.27. The van der Waals surface area contributed by atoms with E-state index in [1.54, 1.807) is 53.1 Å². The van der Waals surface area contributed by atoms with Crippen LogP contribution in [0.3, 0.4) is 0 Å². The van der Waals surface area contributed by atoms with Crippen molar-refractivity contribution in [1.29, 1.82) is 0 Å². The Kier molecular flexibility index (Phi) is 7.05. The number of aromatic nitrogens is 3. The monoisotopic (exact) mass is 580 g/mol. The van der Waals surface area contributed by atoms with Crippen LogP contribution in [0.15, 0.2) is 42.7 Å². The number of carbonyl (C=O) groups excluding carboxylic acids is 3. The van der Waals surface area contributed by atoms with Crippen molar-refractivity contribution < 1.29 is 19.1 Å². The molecule has 3 aromatic heterocycles. The number of rotatable bonds is 7. The molecular formula is C28H29ClN6O4S. The summed E-state index contributed by atoms with van der Waals surface area (Å²) in [5, 5.41) is 6.25. The number of amides is 3. The van der Waals surface area contributed by atoms with E-state index in [4.69, 9.17) is 21.3 Å². The van der Waals surface area contributed by atoms with Crippen molar-refractivity contribution in [2.24, 2.45) is 5.41 Å². The van der Waals surface area contributed by atoms with Gasteiger partial charge in [-0.15, -0.1) is 11.3 Å². The van der Waals surface area contributed by atoms with Crippen molar-refractivity contribution in [1.82, 2.24) is 25.2 Å². The van der Waals surface area contributed by atoms with Gasteiger partial charge in [0.2, 0.25) is 5.95 Å². The molecule has 0 bridgehead atoms. The molecule has 3 amide bonds. The Hall–Kier alpha value is -3.96. The van der Waals surface area contributed by atoms with E-state index in [2.05, 4.69) is 20.6 Å².